The van der Waals surface area contributed by atoms with E-state index in [0.29, 0.717) is 5.92 Å². The lowest BCUT2D eigenvalue weighted by molar-refractivity contribution is 0.200. The number of piperidine rings is 1. The fourth-order valence-corrected chi connectivity index (χ4v) is 3.32. The van der Waals surface area contributed by atoms with E-state index < -0.39 is 0 Å². The van der Waals surface area contributed by atoms with Gasteiger partial charge in [-0.15, -0.1) is 0 Å². The van der Waals surface area contributed by atoms with E-state index in [-0.39, 0.29) is 0 Å². The van der Waals surface area contributed by atoms with E-state index in [0.717, 1.165) is 30.7 Å². The molecule has 0 aromatic carbocycles. The van der Waals surface area contributed by atoms with Crippen LogP contribution in [0.5, 0.6) is 0 Å². The lowest BCUT2D eigenvalue weighted by Crippen LogP contribution is -2.46. The highest BCUT2D eigenvalue weighted by atomic mass is 32.1. The van der Waals surface area contributed by atoms with Gasteiger partial charge in [0.1, 0.15) is 0 Å². The van der Waals surface area contributed by atoms with Crippen LogP contribution < -0.4 is 5.32 Å². The molecule has 2 fully saturated rings. The van der Waals surface area contributed by atoms with E-state index in [1.807, 2.05) is 0 Å². The molecule has 1 N–H and O–H groups in total. The minimum absolute atomic E-state index is 0.658. The van der Waals surface area contributed by atoms with Gasteiger partial charge in [0.2, 0.25) is 0 Å². The number of nitrogens with zero attached hydrogens (tertiary/aromatic N) is 2. The third-order valence-electron chi connectivity index (χ3n) is 4.28. The first-order valence-corrected chi connectivity index (χ1v) is 8.31. The summed E-state index contributed by atoms with van der Waals surface area (Å²) in [5.74, 6) is 1.55. The summed E-state index contributed by atoms with van der Waals surface area (Å²) in [6.45, 7) is 11.7. The zero-order valence-corrected chi connectivity index (χ0v) is 13.3. The minimum atomic E-state index is 0.658. The van der Waals surface area contributed by atoms with E-state index >= 15 is 0 Å². The molecular weight excluding hydrogens is 254 g/mol. The van der Waals surface area contributed by atoms with Crippen LogP contribution in [0.4, 0.5) is 0 Å². The SMILES string of the molecule is CC(C)CNC(=S)N1CCC(CN2CCCC2)CC1. The fourth-order valence-electron chi connectivity index (χ4n) is 3.05. The molecule has 0 atom stereocenters. The van der Waals surface area contributed by atoms with Gasteiger partial charge in [0.05, 0.1) is 0 Å². The maximum absolute atomic E-state index is 5.48. The summed E-state index contributed by atoms with van der Waals surface area (Å²) < 4.78 is 0. The molecule has 0 amide bonds. The largest absolute Gasteiger partial charge is 0.362 e. The molecule has 0 aromatic rings. The molecular formula is C15H29N3S. The Morgan fingerprint density at radius 3 is 2.37 bits per heavy atom. The Morgan fingerprint density at radius 2 is 1.79 bits per heavy atom. The van der Waals surface area contributed by atoms with Crippen molar-refractivity contribution in [1.82, 2.24) is 15.1 Å². The summed E-state index contributed by atoms with van der Waals surface area (Å²) in [4.78, 5) is 5.01. The van der Waals surface area contributed by atoms with E-state index in [1.165, 1.54) is 45.3 Å². The van der Waals surface area contributed by atoms with E-state index in [2.05, 4.69) is 29.0 Å². The van der Waals surface area contributed by atoms with Crippen molar-refractivity contribution >= 4 is 17.3 Å². The van der Waals surface area contributed by atoms with E-state index in [1.54, 1.807) is 0 Å². The van der Waals surface area contributed by atoms with Gasteiger partial charge in [-0.1, -0.05) is 13.8 Å². The Kier molecular flexibility index (Phi) is 5.89. The highest BCUT2D eigenvalue weighted by Crippen LogP contribution is 2.20. The first-order valence-electron chi connectivity index (χ1n) is 7.90. The third-order valence-corrected chi connectivity index (χ3v) is 4.68. The number of nitrogens with one attached hydrogen (secondary N) is 1. The van der Waals surface area contributed by atoms with Gasteiger partial charge in [-0.05, 0) is 62.8 Å². The van der Waals surface area contributed by atoms with E-state index in [9.17, 15) is 0 Å². The Morgan fingerprint density at radius 1 is 1.16 bits per heavy atom. The molecule has 19 heavy (non-hydrogen) atoms. The predicted molar refractivity (Wildman–Crippen MR) is 85.4 cm³/mol. The number of hydrogen-bond acceptors (Lipinski definition) is 2. The normalized spacial score (nSPS) is 22.2. The van der Waals surface area contributed by atoms with Gasteiger partial charge < -0.3 is 15.1 Å². The Bertz CT molecular complexity index is 279. The van der Waals surface area contributed by atoms with Crippen LogP contribution in [0.15, 0.2) is 0 Å². The monoisotopic (exact) mass is 283 g/mol. The standard InChI is InChI=1S/C15H29N3S/c1-13(2)11-16-15(19)18-9-5-14(6-10-18)12-17-7-3-4-8-17/h13-14H,3-12H2,1-2H3,(H,16,19). The quantitative estimate of drug-likeness (QED) is 0.798. The van der Waals surface area contributed by atoms with Crippen LogP contribution in [0.1, 0.15) is 39.5 Å². The summed E-state index contributed by atoms with van der Waals surface area (Å²) in [5.41, 5.74) is 0. The topological polar surface area (TPSA) is 18.5 Å². The van der Waals surface area contributed by atoms with Crippen LogP contribution in [0.25, 0.3) is 0 Å². The van der Waals surface area contributed by atoms with Crippen LogP contribution in [0, 0.1) is 11.8 Å². The predicted octanol–water partition coefficient (Wildman–Crippen LogP) is 2.32. The lowest BCUT2D eigenvalue weighted by Gasteiger charge is -2.35. The Labute approximate surface area is 123 Å². The molecule has 2 rings (SSSR count). The van der Waals surface area contributed by atoms with Gasteiger partial charge in [-0.3, -0.25) is 0 Å². The third kappa shape index (κ3) is 4.92. The van der Waals surface area contributed by atoms with Crippen LogP contribution >= 0.6 is 12.2 Å². The summed E-state index contributed by atoms with van der Waals surface area (Å²) >= 11 is 5.48. The summed E-state index contributed by atoms with van der Waals surface area (Å²) in [7, 11) is 0. The molecule has 4 heteroatoms. The lowest BCUT2D eigenvalue weighted by atomic mass is 9.96. The molecule has 0 saturated carbocycles. The van der Waals surface area contributed by atoms with Crippen molar-refractivity contribution in [3.05, 3.63) is 0 Å². The van der Waals surface area contributed by atoms with Crippen molar-refractivity contribution in [2.75, 3.05) is 39.3 Å². The second kappa shape index (κ2) is 7.44. The first kappa shape index (κ1) is 15.0. The maximum Gasteiger partial charge on any atom is 0.168 e. The van der Waals surface area contributed by atoms with Crippen LogP contribution in [0.2, 0.25) is 0 Å². The van der Waals surface area contributed by atoms with Crippen LogP contribution in [-0.4, -0.2) is 54.2 Å². The highest BCUT2D eigenvalue weighted by Gasteiger charge is 2.23. The molecule has 2 aliphatic rings. The van der Waals surface area contributed by atoms with Gasteiger partial charge in [0.25, 0.3) is 0 Å². The molecule has 0 spiro atoms. The second-order valence-electron chi connectivity index (χ2n) is 6.52. The van der Waals surface area contributed by atoms with Gasteiger partial charge in [-0.25, -0.2) is 0 Å². The smallest absolute Gasteiger partial charge is 0.168 e. The van der Waals surface area contributed by atoms with Gasteiger partial charge in [0.15, 0.2) is 5.11 Å². The number of likely N-dealkylation sites (tertiary alicyclic amines) is 2. The molecule has 2 saturated heterocycles. The first-order chi connectivity index (χ1) is 9.15. The average molecular weight is 283 g/mol. The molecule has 2 aliphatic heterocycles. The summed E-state index contributed by atoms with van der Waals surface area (Å²) in [6, 6.07) is 0. The van der Waals surface area contributed by atoms with E-state index in [4.69, 9.17) is 12.2 Å². The fraction of sp³-hybridized carbons (Fsp3) is 0.933. The second-order valence-corrected chi connectivity index (χ2v) is 6.90. The molecule has 0 radical (unpaired) electrons. The van der Waals surface area contributed by atoms with Crippen molar-refractivity contribution in [3.63, 3.8) is 0 Å². The zero-order valence-electron chi connectivity index (χ0n) is 12.5. The highest BCUT2D eigenvalue weighted by molar-refractivity contribution is 7.80. The molecule has 0 aromatic heterocycles. The molecule has 0 bridgehead atoms. The minimum Gasteiger partial charge on any atom is -0.362 e. The maximum atomic E-state index is 5.48. The van der Waals surface area contributed by atoms with Gasteiger partial charge >= 0.3 is 0 Å². The van der Waals surface area contributed by atoms with Crippen molar-refractivity contribution < 1.29 is 0 Å². The average Bonchev–Trinajstić information content (AvgIpc) is 2.89. The van der Waals surface area contributed by atoms with Crippen molar-refractivity contribution in [3.8, 4) is 0 Å². The number of rotatable bonds is 4. The number of hydrogen-bond donors (Lipinski definition) is 1. The number of thiocarbonyl (C=S) groups is 1. The van der Waals surface area contributed by atoms with Crippen molar-refractivity contribution in [2.24, 2.45) is 11.8 Å². The molecule has 0 unspecified atom stereocenters. The Balaban J connectivity index is 1.65. The molecule has 3 nitrogen and oxygen atoms in total. The van der Waals surface area contributed by atoms with Gasteiger partial charge in [0, 0.05) is 26.2 Å². The molecule has 110 valence electrons. The van der Waals surface area contributed by atoms with Crippen molar-refractivity contribution in [1.29, 1.82) is 0 Å². The van der Waals surface area contributed by atoms with Crippen molar-refractivity contribution in [2.45, 2.75) is 39.5 Å². The molecule has 2 heterocycles. The molecule has 0 aliphatic carbocycles. The Hall–Kier alpha value is -0.350. The zero-order chi connectivity index (χ0) is 13.7. The summed E-state index contributed by atoms with van der Waals surface area (Å²) in [5, 5.41) is 4.35. The van der Waals surface area contributed by atoms with Crippen LogP contribution in [-0.2, 0) is 0 Å². The van der Waals surface area contributed by atoms with Gasteiger partial charge in [-0.2, -0.15) is 0 Å². The summed E-state index contributed by atoms with van der Waals surface area (Å²) in [6.07, 6.45) is 5.42. The van der Waals surface area contributed by atoms with Crippen LogP contribution in [0.3, 0.4) is 0 Å².